The third-order valence-corrected chi connectivity index (χ3v) is 4.53. The second-order valence-corrected chi connectivity index (χ2v) is 5.79. The fraction of sp³-hybridized carbons (Fsp3) is 0.625. The smallest absolute Gasteiger partial charge is 0.123 e. The molecule has 2 atom stereocenters. The summed E-state index contributed by atoms with van der Waals surface area (Å²) in [7, 11) is 0. The van der Waals surface area contributed by atoms with Crippen LogP contribution in [0, 0.1) is 5.82 Å². The van der Waals surface area contributed by atoms with E-state index in [1.54, 1.807) is 12.1 Å². The summed E-state index contributed by atoms with van der Waals surface area (Å²) in [4.78, 5) is 2.37. The molecular weight excluding hydrogens is 255 g/mol. The largest absolute Gasteiger partial charge is 0.488 e. The van der Waals surface area contributed by atoms with Gasteiger partial charge in [-0.05, 0) is 38.1 Å². The molecule has 0 spiro atoms. The second kappa shape index (κ2) is 6.10. The van der Waals surface area contributed by atoms with Gasteiger partial charge in [0.2, 0.25) is 0 Å². The molecule has 0 radical (unpaired) electrons. The molecule has 0 aliphatic carbocycles. The first kappa shape index (κ1) is 15.3. The van der Waals surface area contributed by atoms with E-state index in [-0.39, 0.29) is 17.5 Å². The van der Waals surface area contributed by atoms with E-state index < -0.39 is 0 Å². The summed E-state index contributed by atoms with van der Waals surface area (Å²) >= 11 is 0. The molecule has 3 nitrogen and oxygen atoms in total. The SMILES string of the molecule is CCN(CC1Cc2cc(F)ccc2O1)C(C)(CC)CN. The zero-order valence-electron chi connectivity index (χ0n) is 12.7. The number of halogens is 1. The highest BCUT2D eigenvalue weighted by Gasteiger charge is 2.32. The molecule has 112 valence electrons. The van der Waals surface area contributed by atoms with Gasteiger partial charge < -0.3 is 10.5 Å². The van der Waals surface area contributed by atoms with Gasteiger partial charge in [0.05, 0.1) is 0 Å². The van der Waals surface area contributed by atoms with Gasteiger partial charge in [0.1, 0.15) is 17.7 Å². The molecule has 1 aliphatic heterocycles. The summed E-state index contributed by atoms with van der Waals surface area (Å²) in [5, 5.41) is 0. The van der Waals surface area contributed by atoms with Crippen LogP contribution in [-0.4, -0.2) is 36.2 Å². The van der Waals surface area contributed by atoms with Crippen LogP contribution < -0.4 is 10.5 Å². The summed E-state index contributed by atoms with van der Waals surface area (Å²) in [6.45, 7) is 8.89. The van der Waals surface area contributed by atoms with E-state index in [0.717, 1.165) is 37.2 Å². The lowest BCUT2D eigenvalue weighted by Crippen LogP contribution is -2.54. The monoisotopic (exact) mass is 280 g/mol. The maximum Gasteiger partial charge on any atom is 0.123 e. The van der Waals surface area contributed by atoms with Crippen LogP contribution in [0.25, 0.3) is 0 Å². The van der Waals surface area contributed by atoms with E-state index in [2.05, 4.69) is 25.7 Å². The molecule has 4 heteroatoms. The van der Waals surface area contributed by atoms with Crippen LogP contribution in [0.15, 0.2) is 18.2 Å². The highest BCUT2D eigenvalue weighted by molar-refractivity contribution is 5.38. The van der Waals surface area contributed by atoms with Crippen LogP contribution in [-0.2, 0) is 6.42 Å². The Bertz CT molecular complexity index is 460. The number of ether oxygens (including phenoxy) is 1. The minimum absolute atomic E-state index is 0.00185. The molecule has 0 fully saturated rings. The molecular formula is C16H25FN2O. The molecule has 1 aromatic carbocycles. The minimum atomic E-state index is -0.194. The molecule has 0 aromatic heterocycles. The van der Waals surface area contributed by atoms with Gasteiger partial charge >= 0.3 is 0 Å². The zero-order chi connectivity index (χ0) is 14.8. The van der Waals surface area contributed by atoms with E-state index in [4.69, 9.17) is 10.5 Å². The topological polar surface area (TPSA) is 38.5 Å². The number of nitrogens with two attached hydrogens (primary N) is 1. The Kier molecular flexibility index (Phi) is 4.66. The average Bonchev–Trinajstić information content (AvgIpc) is 2.85. The second-order valence-electron chi connectivity index (χ2n) is 5.79. The Morgan fingerprint density at radius 1 is 1.45 bits per heavy atom. The van der Waals surface area contributed by atoms with Gasteiger partial charge in [0.25, 0.3) is 0 Å². The maximum atomic E-state index is 13.2. The van der Waals surface area contributed by atoms with Gasteiger partial charge in [-0.25, -0.2) is 4.39 Å². The number of hydrogen-bond acceptors (Lipinski definition) is 3. The van der Waals surface area contributed by atoms with Crippen molar-refractivity contribution in [2.45, 2.75) is 45.3 Å². The summed E-state index contributed by atoms with van der Waals surface area (Å²) in [5.74, 6) is 0.624. The summed E-state index contributed by atoms with van der Waals surface area (Å²) in [5.41, 5.74) is 6.91. The molecule has 2 N–H and O–H groups in total. The standard InChI is InChI=1S/C16H25FN2O/c1-4-16(3,11-18)19(5-2)10-14-9-12-8-13(17)6-7-15(12)20-14/h6-8,14H,4-5,9-11,18H2,1-3H3. The fourth-order valence-corrected chi connectivity index (χ4v) is 2.86. The Morgan fingerprint density at radius 3 is 2.80 bits per heavy atom. The molecule has 0 bridgehead atoms. The Labute approximate surface area is 120 Å². The number of rotatable bonds is 6. The van der Waals surface area contributed by atoms with Crippen LogP contribution in [0.2, 0.25) is 0 Å². The molecule has 1 heterocycles. The quantitative estimate of drug-likeness (QED) is 0.870. The van der Waals surface area contributed by atoms with Gasteiger partial charge in [-0.3, -0.25) is 4.90 Å². The highest BCUT2D eigenvalue weighted by atomic mass is 19.1. The molecule has 1 aliphatic rings. The highest BCUT2D eigenvalue weighted by Crippen LogP contribution is 2.30. The first-order valence-corrected chi connectivity index (χ1v) is 7.42. The van der Waals surface area contributed by atoms with Crippen LogP contribution >= 0.6 is 0 Å². The molecule has 2 rings (SSSR count). The molecule has 20 heavy (non-hydrogen) atoms. The average molecular weight is 280 g/mol. The van der Waals surface area contributed by atoms with E-state index in [1.807, 2.05) is 0 Å². The van der Waals surface area contributed by atoms with Crippen molar-refractivity contribution < 1.29 is 9.13 Å². The number of benzene rings is 1. The molecule has 0 saturated carbocycles. The Morgan fingerprint density at radius 2 is 2.20 bits per heavy atom. The number of hydrogen-bond donors (Lipinski definition) is 1. The lowest BCUT2D eigenvalue weighted by atomic mass is 9.95. The van der Waals surface area contributed by atoms with Crippen molar-refractivity contribution in [1.29, 1.82) is 0 Å². The minimum Gasteiger partial charge on any atom is -0.488 e. The fourth-order valence-electron chi connectivity index (χ4n) is 2.86. The van der Waals surface area contributed by atoms with Crippen LogP contribution in [0.4, 0.5) is 4.39 Å². The van der Waals surface area contributed by atoms with Crippen LogP contribution in [0.5, 0.6) is 5.75 Å². The lowest BCUT2D eigenvalue weighted by molar-refractivity contribution is 0.0658. The van der Waals surface area contributed by atoms with Crippen molar-refractivity contribution in [2.24, 2.45) is 5.73 Å². The van der Waals surface area contributed by atoms with Crippen molar-refractivity contribution in [1.82, 2.24) is 4.90 Å². The lowest BCUT2D eigenvalue weighted by Gasteiger charge is -2.40. The van der Waals surface area contributed by atoms with Crippen molar-refractivity contribution in [3.05, 3.63) is 29.6 Å². The molecule has 1 aromatic rings. The molecule has 2 unspecified atom stereocenters. The third-order valence-electron chi connectivity index (χ3n) is 4.53. The summed E-state index contributed by atoms with van der Waals surface area (Å²) in [6, 6.07) is 4.76. The number of nitrogens with zero attached hydrogens (tertiary/aromatic N) is 1. The molecule has 0 saturated heterocycles. The predicted octanol–water partition coefficient (Wildman–Crippen LogP) is 2.58. The maximum absolute atomic E-state index is 13.2. The van der Waals surface area contributed by atoms with Gasteiger partial charge in [-0.2, -0.15) is 0 Å². The normalized spacial score (nSPS) is 20.6. The Balaban J connectivity index is 2.05. The first-order chi connectivity index (χ1) is 9.52. The number of fused-ring (bicyclic) bond motifs is 1. The van der Waals surface area contributed by atoms with Gasteiger partial charge in [0, 0.05) is 30.6 Å². The van der Waals surface area contributed by atoms with Gasteiger partial charge in [-0.1, -0.05) is 13.8 Å². The first-order valence-electron chi connectivity index (χ1n) is 7.42. The molecule has 0 amide bonds. The third kappa shape index (κ3) is 2.96. The van der Waals surface area contributed by atoms with E-state index >= 15 is 0 Å². The van der Waals surface area contributed by atoms with E-state index in [1.165, 1.54) is 6.07 Å². The summed E-state index contributed by atoms with van der Waals surface area (Å²) in [6.07, 6.45) is 1.86. The van der Waals surface area contributed by atoms with Crippen molar-refractivity contribution >= 4 is 0 Å². The van der Waals surface area contributed by atoms with Gasteiger partial charge in [0.15, 0.2) is 0 Å². The predicted molar refractivity (Wildman–Crippen MR) is 79.5 cm³/mol. The zero-order valence-corrected chi connectivity index (χ0v) is 12.7. The van der Waals surface area contributed by atoms with Crippen molar-refractivity contribution in [2.75, 3.05) is 19.6 Å². The number of likely N-dealkylation sites (N-methyl/N-ethyl adjacent to an activating group) is 1. The summed E-state index contributed by atoms with van der Waals surface area (Å²) < 4.78 is 19.2. The van der Waals surface area contributed by atoms with Gasteiger partial charge in [-0.15, -0.1) is 0 Å². The Hall–Kier alpha value is -1.13. The van der Waals surface area contributed by atoms with E-state index in [0.29, 0.717) is 6.54 Å². The van der Waals surface area contributed by atoms with Crippen LogP contribution in [0.3, 0.4) is 0 Å². The van der Waals surface area contributed by atoms with Crippen molar-refractivity contribution in [3.63, 3.8) is 0 Å². The van der Waals surface area contributed by atoms with Crippen LogP contribution in [0.1, 0.15) is 32.8 Å². The van der Waals surface area contributed by atoms with E-state index in [9.17, 15) is 4.39 Å². The van der Waals surface area contributed by atoms with Crippen molar-refractivity contribution in [3.8, 4) is 5.75 Å².